The van der Waals surface area contributed by atoms with E-state index >= 15 is 0 Å². The van der Waals surface area contributed by atoms with Crippen molar-refractivity contribution in [2.75, 3.05) is 26.9 Å². The van der Waals surface area contributed by atoms with Crippen LogP contribution in [0.15, 0.2) is 18.2 Å². The summed E-state index contributed by atoms with van der Waals surface area (Å²) in [4.78, 5) is 0. The van der Waals surface area contributed by atoms with Gasteiger partial charge in [0.25, 0.3) is 0 Å². The molecule has 2 aliphatic carbocycles. The van der Waals surface area contributed by atoms with Crippen LogP contribution in [-0.2, 0) is 15.9 Å². The number of benzene rings is 1. The first kappa shape index (κ1) is 34.9. The summed E-state index contributed by atoms with van der Waals surface area (Å²) < 4.78 is 16.8. The van der Waals surface area contributed by atoms with Crippen LogP contribution < -0.4 is 10.5 Å². The first-order chi connectivity index (χ1) is 17.2. The molecule has 2 aliphatic rings. The average Bonchev–Trinajstić information content (AvgIpc) is 2.87. The molecule has 4 nitrogen and oxygen atoms in total. The SMILES string of the molecule is CC.CC.CCCC(C)(C)OCC(C)(C)OCCN.COc1ccc2c(c1)[C@H]1CCCCC[C@@H](C2)C1. The molecule has 1 fully saturated rings. The molecule has 0 radical (unpaired) electrons. The molecule has 0 aromatic heterocycles. The zero-order valence-corrected chi connectivity index (χ0v) is 25.7. The second-order valence-corrected chi connectivity index (χ2v) is 10.9. The molecule has 3 rings (SSSR count). The lowest BCUT2D eigenvalue weighted by Crippen LogP contribution is -2.37. The second-order valence-electron chi connectivity index (χ2n) is 10.9. The number of hydrogen-bond acceptors (Lipinski definition) is 4. The van der Waals surface area contributed by atoms with E-state index in [1.165, 1.54) is 44.9 Å². The minimum atomic E-state index is -0.246. The van der Waals surface area contributed by atoms with Gasteiger partial charge in [-0.05, 0) is 88.5 Å². The molecular weight excluding hydrogens is 446 g/mol. The molecule has 4 heteroatoms. The summed E-state index contributed by atoms with van der Waals surface area (Å²) in [5.74, 6) is 2.78. The Bertz CT molecular complexity index is 671. The van der Waals surface area contributed by atoms with Crippen LogP contribution in [0, 0.1) is 5.92 Å². The van der Waals surface area contributed by atoms with Crippen molar-refractivity contribution in [3.05, 3.63) is 29.3 Å². The van der Waals surface area contributed by atoms with Gasteiger partial charge >= 0.3 is 0 Å². The van der Waals surface area contributed by atoms with Gasteiger partial charge in [-0.2, -0.15) is 0 Å². The molecule has 2 N–H and O–H groups in total. The molecule has 1 saturated carbocycles. The highest BCUT2D eigenvalue weighted by molar-refractivity contribution is 5.40. The Morgan fingerprint density at radius 2 is 1.58 bits per heavy atom. The molecule has 2 bridgehead atoms. The molecule has 0 amide bonds. The summed E-state index contributed by atoms with van der Waals surface area (Å²) in [6.45, 7) is 20.2. The Hall–Kier alpha value is -1.10. The van der Waals surface area contributed by atoms with Crippen molar-refractivity contribution in [3.63, 3.8) is 0 Å². The van der Waals surface area contributed by atoms with E-state index in [2.05, 4.69) is 39.0 Å². The highest BCUT2D eigenvalue weighted by Gasteiger charge is 2.28. The Morgan fingerprint density at radius 1 is 0.917 bits per heavy atom. The summed E-state index contributed by atoms with van der Waals surface area (Å²) >= 11 is 0. The van der Waals surface area contributed by atoms with E-state index in [0.717, 1.165) is 30.4 Å². The van der Waals surface area contributed by atoms with Gasteiger partial charge in [0.2, 0.25) is 0 Å². The van der Waals surface area contributed by atoms with Crippen molar-refractivity contribution in [1.29, 1.82) is 0 Å². The van der Waals surface area contributed by atoms with Crippen molar-refractivity contribution in [2.45, 2.75) is 137 Å². The monoisotopic (exact) mass is 507 g/mol. The normalized spacial score (nSPS) is 19.0. The van der Waals surface area contributed by atoms with E-state index < -0.39 is 0 Å². The summed E-state index contributed by atoms with van der Waals surface area (Å²) in [5, 5.41) is 0. The molecule has 2 atom stereocenters. The number of fused-ring (bicyclic) bond motifs is 4. The number of nitrogens with two attached hydrogens (primary N) is 1. The van der Waals surface area contributed by atoms with Crippen molar-refractivity contribution < 1.29 is 14.2 Å². The number of methoxy groups -OCH3 is 1. The third-order valence-corrected chi connectivity index (χ3v) is 6.86. The summed E-state index contributed by atoms with van der Waals surface area (Å²) in [6.07, 6.45) is 12.1. The van der Waals surface area contributed by atoms with Crippen LogP contribution in [0.4, 0.5) is 0 Å². The van der Waals surface area contributed by atoms with Crippen LogP contribution in [0.5, 0.6) is 5.75 Å². The van der Waals surface area contributed by atoms with Gasteiger partial charge in [-0.15, -0.1) is 0 Å². The van der Waals surface area contributed by atoms with Crippen molar-refractivity contribution in [3.8, 4) is 5.75 Å². The quantitative estimate of drug-likeness (QED) is 0.363. The summed E-state index contributed by atoms with van der Waals surface area (Å²) in [6, 6.07) is 6.72. The Balaban J connectivity index is 0.000000604. The number of rotatable bonds is 9. The van der Waals surface area contributed by atoms with E-state index in [0.29, 0.717) is 19.8 Å². The van der Waals surface area contributed by atoms with Crippen LogP contribution in [0.3, 0.4) is 0 Å². The fourth-order valence-corrected chi connectivity index (χ4v) is 5.10. The third-order valence-electron chi connectivity index (χ3n) is 6.86. The lowest BCUT2D eigenvalue weighted by atomic mass is 9.72. The predicted molar refractivity (Wildman–Crippen MR) is 157 cm³/mol. The third kappa shape index (κ3) is 13.4. The van der Waals surface area contributed by atoms with Gasteiger partial charge in [0, 0.05) is 6.54 Å². The fraction of sp³-hybridized carbons (Fsp3) is 0.812. The topological polar surface area (TPSA) is 53.7 Å². The minimum absolute atomic E-state index is 0.0574. The predicted octanol–water partition coefficient (Wildman–Crippen LogP) is 8.69. The minimum Gasteiger partial charge on any atom is -0.497 e. The van der Waals surface area contributed by atoms with Crippen LogP contribution in [0.25, 0.3) is 0 Å². The molecule has 0 unspecified atom stereocenters. The molecular formula is C32H61NO3. The van der Waals surface area contributed by atoms with Crippen LogP contribution in [0.2, 0.25) is 0 Å². The zero-order valence-electron chi connectivity index (χ0n) is 25.7. The lowest BCUT2D eigenvalue weighted by Gasteiger charge is -2.34. The maximum atomic E-state index is 5.87. The zero-order chi connectivity index (χ0) is 27.6. The van der Waals surface area contributed by atoms with E-state index in [1.807, 2.05) is 41.5 Å². The Labute approximate surface area is 225 Å². The van der Waals surface area contributed by atoms with Crippen molar-refractivity contribution >= 4 is 0 Å². The van der Waals surface area contributed by atoms with E-state index in [-0.39, 0.29) is 11.2 Å². The Kier molecular flexibility index (Phi) is 18.5. The second kappa shape index (κ2) is 19.0. The summed E-state index contributed by atoms with van der Waals surface area (Å²) in [5.41, 5.74) is 8.27. The van der Waals surface area contributed by atoms with Crippen molar-refractivity contribution in [2.24, 2.45) is 11.7 Å². The van der Waals surface area contributed by atoms with Crippen LogP contribution in [-0.4, -0.2) is 38.1 Å². The average molecular weight is 508 g/mol. The molecule has 1 aromatic carbocycles. The van der Waals surface area contributed by atoms with Gasteiger partial charge in [-0.25, -0.2) is 0 Å². The van der Waals surface area contributed by atoms with Gasteiger partial charge < -0.3 is 19.9 Å². The first-order valence-corrected chi connectivity index (χ1v) is 14.8. The van der Waals surface area contributed by atoms with Crippen LogP contribution >= 0.6 is 0 Å². The van der Waals surface area contributed by atoms with Crippen LogP contribution in [0.1, 0.15) is 131 Å². The largest absolute Gasteiger partial charge is 0.497 e. The number of hydrogen-bond donors (Lipinski definition) is 1. The lowest BCUT2D eigenvalue weighted by molar-refractivity contribution is -0.120. The van der Waals surface area contributed by atoms with E-state index in [1.54, 1.807) is 18.2 Å². The molecule has 0 aliphatic heterocycles. The smallest absolute Gasteiger partial charge is 0.119 e. The molecule has 212 valence electrons. The first-order valence-electron chi connectivity index (χ1n) is 14.8. The molecule has 0 saturated heterocycles. The molecule has 36 heavy (non-hydrogen) atoms. The fourth-order valence-electron chi connectivity index (χ4n) is 5.10. The van der Waals surface area contributed by atoms with Gasteiger partial charge in [-0.1, -0.05) is 72.8 Å². The van der Waals surface area contributed by atoms with Gasteiger partial charge in [0.05, 0.1) is 31.5 Å². The molecule has 1 aromatic rings. The van der Waals surface area contributed by atoms with Gasteiger partial charge in [0.15, 0.2) is 0 Å². The maximum Gasteiger partial charge on any atom is 0.119 e. The Morgan fingerprint density at radius 3 is 2.19 bits per heavy atom. The standard InChI is InChI=1S/C16H22O.C12H27NO2.2C2H6/c1-17-15-8-7-14-10-12-5-3-2-4-6-13(9-12)16(14)11-15;1-6-7-11(2,3)15-10-12(4,5)14-9-8-13;2*1-2/h7-8,11-13H,2-6,9-10H2,1H3;6-10,13H2,1-5H3;2*1-2H3/t12-,13+;;;/m1.../s1. The summed E-state index contributed by atoms with van der Waals surface area (Å²) in [7, 11) is 1.77. The highest BCUT2D eigenvalue weighted by atomic mass is 16.6. The number of ether oxygens (including phenoxy) is 3. The molecule has 0 heterocycles. The van der Waals surface area contributed by atoms with E-state index in [9.17, 15) is 0 Å². The maximum absolute atomic E-state index is 5.87. The van der Waals surface area contributed by atoms with E-state index in [4.69, 9.17) is 19.9 Å². The highest BCUT2D eigenvalue weighted by Crippen LogP contribution is 2.42. The van der Waals surface area contributed by atoms with Gasteiger partial charge in [-0.3, -0.25) is 0 Å². The molecule has 0 spiro atoms. The van der Waals surface area contributed by atoms with Crippen molar-refractivity contribution in [1.82, 2.24) is 0 Å². The van der Waals surface area contributed by atoms with Gasteiger partial charge in [0.1, 0.15) is 5.75 Å².